The van der Waals surface area contributed by atoms with E-state index in [1.807, 2.05) is 5.32 Å². The summed E-state index contributed by atoms with van der Waals surface area (Å²) in [6.45, 7) is 4.04. The van der Waals surface area contributed by atoms with Crippen LogP contribution in [0, 0.1) is 6.92 Å². The molecule has 0 fully saturated rings. The van der Waals surface area contributed by atoms with Gasteiger partial charge in [0.05, 0.1) is 16.1 Å². The summed E-state index contributed by atoms with van der Waals surface area (Å²) in [5, 5.41) is 1.98. The molecule has 154 valence electrons. The molecular formula is C20H22N2O6S. The quantitative estimate of drug-likeness (QED) is 0.689. The molecule has 0 radical (unpaired) electrons. The van der Waals surface area contributed by atoms with Gasteiger partial charge < -0.3 is 4.74 Å². The van der Waals surface area contributed by atoms with Gasteiger partial charge in [-0.2, -0.15) is 0 Å². The Hall–Kier alpha value is -3.20. The first-order valence-electron chi connectivity index (χ1n) is 8.82. The smallest absolute Gasteiger partial charge is 0.338 e. The van der Waals surface area contributed by atoms with Crippen LogP contribution in [0.25, 0.3) is 0 Å². The Balaban J connectivity index is 2.31. The SMILES string of the molecule is CCN(c1ccccc1)S(=O)(=O)c1cc(C(=O)OCC(=O)NC(C)=O)ccc1C. The number of nitrogens with one attached hydrogen (secondary N) is 1. The van der Waals surface area contributed by atoms with Crippen LogP contribution in [0.4, 0.5) is 5.69 Å². The van der Waals surface area contributed by atoms with E-state index in [0.717, 1.165) is 6.92 Å². The van der Waals surface area contributed by atoms with E-state index in [1.54, 1.807) is 44.2 Å². The van der Waals surface area contributed by atoms with Crippen LogP contribution in [0.1, 0.15) is 29.8 Å². The number of rotatable bonds is 7. The summed E-state index contributed by atoms with van der Waals surface area (Å²) in [4.78, 5) is 34.5. The number of hydrogen-bond donors (Lipinski definition) is 1. The van der Waals surface area contributed by atoms with Gasteiger partial charge in [0.2, 0.25) is 5.91 Å². The molecule has 0 saturated heterocycles. The molecular weight excluding hydrogens is 396 g/mol. The van der Waals surface area contributed by atoms with E-state index in [4.69, 9.17) is 4.74 Å². The third-order valence-corrected chi connectivity index (χ3v) is 6.02. The molecule has 0 heterocycles. The van der Waals surface area contributed by atoms with E-state index in [1.165, 1.54) is 22.5 Å². The fraction of sp³-hybridized carbons (Fsp3) is 0.250. The van der Waals surface area contributed by atoms with Gasteiger partial charge in [-0.25, -0.2) is 13.2 Å². The molecule has 1 N–H and O–H groups in total. The van der Waals surface area contributed by atoms with Gasteiger partial charge in [-0.15, -0.1) is 0 Å². The number of nitrogens with zero attached hydrogens (tertiary/aromatic N) is 1. The zero-order chi connectivity index (χ0) is 21.6. The molecule has 2 rings (SSSR count). The Labute approximate surface area is 169 Å². The minimum atomic E-state index is -3.94. The van der Waals surface area contributed by atoms with Crippen LogP contribution in [0.5, 0.6) is 0 Å². The average Bonchev–Trinajstić information content (AvgIpc) is 2.67. The second-order valence-electron chi connectivity index (χ2n) is 6.17. The fourth-order valence-electron chi connectivity index (χ4n) is 2.66. The lowest BCUT2D eigenvalue weighted by molar-refractivity contribution is -0.131. The first-order chi connectivity index (χ1) is 13.7. The zero-order valence-corrected chi connectivity index (χ0v) is 17.2. The van der Waals surface area contributed by atoms with Gasteiger partial charge in [0.25, 0.3) is 15.9 Å². The molecule has 0 aliphatic heterocycles. The summed E-state index contributed by atoms with van der Waals surface area (Å²) >= 11 is 0. The number of esters is 1. The number of ether oxygens (including phenoxy) is 1. The van der Waals surface area contributed by atoms with Gasteiger partial charge in [-0.3, -0.25) is 19.2 Å². The van der Waals surface area contributed by atoms with Crippen molar-refractivity contribution in [3.63, 3.8) is 0 Å². The Bertz CT molecular complexity index is 1020. The number of amides is 2. The lowest BCUT2D eigenvalue weighted by atomic mass is 10.1. The first-order valence-corrected chi connectivity index (χ1v) is 10.3. The summed E-state index contributed by atoms with van der Waals surface area (Å²) in [6, 6.07) is 12.8. The number of sulfonamides is 1. The number of hydrogen-bond acceptors (Lipinski definition) is 6. The van der Waals surface area contributed by atoms with Crippen LogP contribution < -0.4 is 9.62 Å². The number of carbonyl (C=O) groups excluding carboxylic acids is 3. The molecule has 2 amide bonds. The fourth-order valence-corrected chi connectivity index (χ4v) is 4.38. The highest BCUT2D eigenvalue weighted by Crippen LogP contribution is 2.26. The van der Waals surface area contributed by atoms with Crippen molar-refractivity contribution in [3.8, 4) is 0 Å². The Morgan fingerprint density at radius 3 is 2.31 bits per heavy atom. The predicted molar refractivity (Wildman–Crippen MR) is 107 cm³/mol. The molecule has 0 saturated carbocycles. The lowest BCUT2D eigenvalue weighted by Crippen LogP contribution is -2.32. The molecule has 0 aromatic heterocycles. The van der Waals surface area contributed by atoms with Crippen molar-refractivity contribution >= 4 is 33.5 Å². The van der Waals surface area contributed by atoms with E-state index in [9.17, 15) is 22.8 Å². The molecule has 0 bridgehead atoms. The van der Waals surface area contributed by atoms with Gasteiger partial charge in [0.1, 0.15) is 0 Å². The molecule has 0 aliphatic rings. The van der Waals surface area contributed by atoms with Gasteiger partial charge in [-0.1, -0.05) is 24.3 Å². The van der Waals surface area contributed by atoms with Crippen LogP contribution in [-0.2, 0) is 24.3 Å². The van der Waals surface area contributed by atoms with Gasteiger partial charge >= 0.3 is 5.97 Å². The average molecular weight is 418 g/mol. The number of imide groups is 1. The predicted octanol–water partition coefficient (Wildman–Crippen LogP) is 2.03. The normalized spacial score (nSPS) is 10.9. The van der Waals surface area contributed by atoms with E-state index < -0.39 is 34.4 Å². The molecule has 2 aromatic rings. The van der Waals surface area contributed by atoms with Crippen LogP contribution >= 0.6 is 0 Å². The molecule has 0 spiro atoms. The first kappa shape index (κ1) is 22.1. The van der Waals surface area contributed by atoms with Crippen molar-refractivity contribution in [2.45, 2.75) is 25.7 Å². The molecule has 0 aliphatic carbocycles. The Morgan fingerprint density at radius 2 is 1.72 bits per heavy atom. The van der Waals surface area contributed by atoms with Crippen LogP contribution in [0.2, 0.25) is 0 Å². The molecule has 0 atom stereocenters. The maximum Gasteiger partial charge on any atom is 0.338 e. The summed E-state index contributed by atoms with van der Waals surface area (Å²) in [7, 11) is -3.94. The summed E-state index contributed by atoms with van der Waals surface area (Å²) in [5.74, 6) is -2.22. The number of para-hydroxylation sites is 1. The zero-order valence-electron chi connectivity index (χ0n) is 16.3. The Morgan fingerprint density at radius 1 is 1.07 bits per heavy atom. The van der Waals surface area contributed by atoms with Crippen molar-refractivity contribution < 1.29 is 27.5 Å². The Kier molecular flexibility index (Phi) is 7.11. The van der Waals surface area contributed by atoms with Crippen molar-refractivity contribution in [2.24, 2.45) is 0 Å². The summed E-state index contributed by atoms with van der Waals surface area (Å²) < 4.78 is 32.5. The van der Waals surface area contributed by atoms with Crippen molar-refractivity contribution in [2.75, 3.05) is 17.5 Å². The van der Waals surface area contributed by atoms with Crippen LogP contribution in [0.15, 0.2) is 53.4 Å². The molecule has 29 heavy (non-hydrogen) atoms. The summed E-state index contributed by atoms with van der Waals surface area (Å²) in [5.41, 5.74) is 0.947. The third-order valence-electron chi connectivity index (χ3n) is 3.97. The number of carbonyl (C=O) groups is 3. The minimum absolute atomic E-state index is 0.0195. The standard InChI is InChI=1S/C20H22N2O6S/c1-4-22(17-8-6-5-7-9-17)29(26,27)18-12-16(11-10-14(18)2)20(25)28-13-19(24)21-15(3)23/h5-12H,4,13H2,1-3H3,(H,21,23,24). The third kappa shape index (κ3) is 5.41. The van der Waals surface area contributed by atoms with E-state index in [2.05, 4.69) is 0 Å². The van der Waals surface area contributed by atoms with Crippen LogP contribution in [0.3, 0.4) is 0 Å². The molecule has 9 heteroatoms. The number of anilines is 1. The van der Waals surface area contributed by atoms with E-state index in [-0.39, 0.29) is 17.0 Å². The highest BCUT2D eigenvalue weighted by molar-refractivity contribution is 7.92. The van der Waals surface area contributed by atoms with Gasteiger partial charge in [0, 0.05) is 13.5 Å². The number of aryl methyl sites for hydroxylation is 1. The summed E-state index contributed by atoms with van der Waals surface area (Å²) in [6.07, 6.45) is 0. The van der Waals surface area contributed by atoms with Crippen molar-refractivity contribution in [3.05, 3.63) is 59.7 Å². The van der Waals surface area contributed by atoms with Crippen molar-refractivity contribution in [1.82, 2.24) is 5.32 Å². The highest BCUT2D eigenvalue weighted by Gasteiger charge is 2.26. The maximum absolute atomic E-state index is 13.2. The minimum Gasteiger partial charge on any atom is -0.452 e. The lowest BCUT2D eigenvalue weighted by Gasteiger charge is -2.24. The topological polar surface area (TPSA) is 110 Å². The molecule has 2 aromatic carbocycles. The van der Waals surface area contributed by atoms with Crippen LogP contribution in [-0.4, -0.2) is 39.4 Å². The molecule has 8 nitrogen and oxygen atoms in total. The van der Waals surface area contributed by atoms with E-state index in [0.29, 0.717) is 11.3 Å². The van der Waals surface area contributed by atoms with Crippen molar-refractivity contribution in [1.29, 1.82) is 0 Å². The van der Waals surface area contributed by atoms with Gasteiger partial charge in [0.15, 0.2) is 6.61 Å². The number of benzene rings is 2. The molecule has 0 unspecified atom stereocenters. The largest absolute Gasteiger partial charge is 0.452 e. The highest BCUT2D eigenvalue weighted by atomic mass is 32.2. The van der Waals surface area contributed by atoms with Gasteiger partial charge in [-0.05, 0) is 43.7 Å². The second kappa shape index (κ2) is 9.33. The maximum atomic E-state index is 13.2. The monoisotopic (exact) mass is 418 g/mol. The second-order valence-corrected chi connectivity index (χ2v) is 8.00. The van der Waals surface area contributed by atoms with E-state index >= 15 is 0 Å².